The van der Waals surface area contributed by atoms with Crippen LogP contribution in [0.1, 0.15) is 32.1 Å². The second kappa shape index (κ2) is 8.15. The minimum Gasteiger partial charge on any atom is -0.494 e. The lowest BCUT2D eigenvalue weighted by molar-refractivity contribution is 0.243. The molecule has 1 aromatic carbocycles. The maximum atomic E-state index is 5.68. The van der Waals surface area contributed by atoms with Gasteiger partial charge in [0, 0.05) is 0 Å². The average Bonchev–Trinajstić information content (AvgIpc) is 2.45. The van der Waals surface area contributed by atoms with Crippen molar-refractivity contribution in [3.05, 3.63) is 36.8 Å². The lowest BCUT2D eigenvalue weighted by Gasteiger charge is -2.26. The third kappa shape index (κ3) is 5.09. The SMILES string of the molecule is [CH]1CCN(CCCCCOc2ccccc2)CC1. The third-order valence-electron chi connectivity index (χ3n) is 3.43. The number of ether oxygens (including phenoxy) is 1. The van der Waals surface area contributed by atoms with E-state index < -0.39 is 0 Å². The fourth-order valence-electron chi connectivity index (χ4n) is 2.35. The van der Waals surface area contributed by atoms with Gasteiger partial charge in [-0.15, -0.1) is 0 Å². The van der Waals surface area contributed by atoms with E-state index in [2.05, 4.69) is 11.3 Å². The Morgan fingerprint density at radius 3 is 2.50 bits per heavy atom. The summed E-state index contributed by atoms with van der Waals surface area (Å²) in [5, 5.41) is 0. The van der Waals surface area contributed by atoms with Crippen molar-refractivity contribution in [2.75, 3.05) is 26.2 Å². The summed E-state index contributed by atoms with van der Waals surface area (Å²) in [4.78, 5) is 2.58. The molecule has 2 heteroatoms. The number of piperidine rings is 1. The lowest BCUT2D eigenvalue weighted by atomic mass is 10.1. The molecule has 1 aliphatic heterocycles. The molecule has 1 heterocycles. The summed E-state index contributed by atoms with van der Waals surface area (Å²) in [5.41, 5.74) is 0. The molecular weight excluding hydrogens is 222 g/mol. The fraction of sp³-hybridized carbons (Fsp3) is 0.562. The highest BCUT2D eigenvalue weighted by atomic mass is 16.5. The van der Waals surface area contributed by atoms with Crippen molar-refractivity contribution in [2.45, 2.75) is 32.1 Å². The predicted molar refractivity (Wildman–Crippen MR) is 75.8 cm³/mol. The van der Waals surface area contributed by atoms with Crippen LogP contribution < -0.4 is 4.74 Å². The van der Waals surface area contributed by atoms with Gasteiger partial charge in [-0.05, 0) is 70.3 Å². The number of benzene rings is 1. The van der Waals surface area contributed by atoms with Gasteiger partial charge >= 0.3 is 0 Å². The van der Waals surface area contributed by atoms with Gasteiger partial charge in [-0.3, -0.25) is 0 Å². The summed E-state index contributed by atoms with van der Waals surface area (Å²) < 4.78 is 5.68. The van der Waals surface area contributed by atoms with E-state index in [0.717, 1.165) is 18.8 Å². The number of hydrogen-bond acceptors (Lipinski definition) is 2. The number of rotatable bonds is 7. The van der Waals surface area contributed by atoms with Crippen LogP contribution in [0.3, 0.4) is 0 Å². The predicted octanol–water partition coefficient (Wildman–Crippen LogP) is 3.54. The Labute approximate surface area is 111 Å². The first-order valence-corrected chi connectivity index (χ1v) is 7.17. The molecule has 0 bridgehead atoms. The first kappa shape index (κ1) is 13.4. The molecule has 0 aromatic heterocycles. The second-order valence-electron chi connectivity index (χ2n) is 4.93. The van der Waals surface area contributed by atoms with Gasteiger partial charge < -0.3 is 9.64 Å². The second-order valence-corrected chi connectivity index (χ2v) is 4.93. The van der Waals surface area contributed by atoms with Gasteiger partial charge in [0.15, 0.2) is 0 Å². The molecule has 1 radical (unpaired) electrons. The standard InChI is InChI=1S/C16H24NO/c1-4-10-16(11-5-1)18-15-9-3-8-14-17-12-6-2-7-13-17/h1-2,4-5,10-11H,3,6-9,12-15H2. The number of para-hydroxylation sites is 1. The molecule has 2 rings (SSSR count). The molecule has 1 saturated heterocycles. The Morgan fingerprint density at radius 2 is 1.72 bits per heavy atom. The van der Waals surface area contributed by atoms with Crippen molar-refractivity contribution in [1.82, 2.24) is 4.90 Å². The normalized spacial score (nSPS) is 16.7. The molecule has 0 unspecified atom stereocenters. The number of unbranched alkanes of at least 4 members (excludes halogenated alkanes) is 2. The van der Waals surface area contributed by atoms with Crippen LogP contribution in [0, 0.1) is 6.42 Å². The van der Waals surface area contributed by atoms with E-state index in [1.165, 1.54) is 45.3 Å². The van der Waals surface area contributed by atoms with Crippen LogP contribution in [-0.2, 0) is 0 Å². The summed E-state index contributed by atoms with van der Waals surface area (Å²) in [5.74, 6) is 0.990. The zero-order valence-corrected chi connectivity index (χ0v) is 11.2. The quantitative estimate of drug-likeness (QED) is 0.682. The Kier molecular flexibility index (Phi) is 6.07. The Morgan fingerprint density at radius 1 is 0.944 bits per heavy atom. The summed E-state index contributed by atoms with van der Waals surface area (Å²) in [6, 6.07) is 10.1. The number of likely N-dealkylation sites (tertiary alicyclic amines) is 1. The van der Waals surface area contributed by atoms with E-state index in [4.69, 9.17) is 4.74 Å². The maximum Gasteiger partial charge on any atom is 0.119 e. The van der Waals surface area contributed by atoms with Crippen molar-refractivity contribution >= 4 is 0 Å². The Hall–Kier alpha value is -1.02. The molecular formula is C16H24NO. The van der Waals surface area contributed by atoms with Crippen LogP contribution in [0.25, 0.3) is 0 Å². The van der Waals surface area contributed by atoms with Gasteiger partial charge in [0.2, 0.25) is 0 Å². The number of nitrogens with zero attached hydrogens (tertiary/aromatic N) is 1. The topological polar surface area (TPSA) is 12.5 Å². The minimum absolute atomic E-state index is 0.845. The van der Waals surface area contributed by atoms with Crippen LogP contribution in [-0.4, -0.2) is 31.1 Å². The molecule has 0 aliphatic carbocycles. The molecule has 1 fully saturated rings. The van der Waals surface area contributed by atoms with Gasteiger partial charge in [-0.25, -0.2) is 0 Å². The summed E-state index contributed by atoms with van der Waals surface area (Å²) in [6.45, 7) is 4.64. The molecule has 99 valence electrons. The average molecular weight is 246 g/mol. The van der Waals surface area contributed by atoms with Gasteiger partial charge in [-0.1, -0.05) is 18.2 Å². The maximum absolute atomic E-state index is 5.68. The van der Waals surface area contributed by atoms with Crippen molar-refractivity contribution in [3.8, 4) is 5.75 Å². The Balaban J connectivity index is 1.46. The smallest absolute Gasteiger partial charge is 0.119 e. The molecule has 0 spiro atoms. The van der Waals surface area contributed by atoms with Crippen LogP contribution in [0.15, 0.2) is 30.3 Å². The van der Waals surface area contributed by atoms with E-state index in [1.54, 1.807) is 0 Å². The molecule has 0 atom stereocenters. The van der Waals surface area contributed by atoms with Crippen molar-refractivity contribution in [3.63, 3.8) is 0 Å². The van der Waals surface area contributed by atoms with E-state index in [-0.39, 0.29) is 0 Å². The van der Waals surface area contributed by atoms with Crippen molar-refractivity contribution < 1.29 is 4.74 Å². The largest absolute Gasteiger partial charge is 0.494 e. The lowest BCUT2D eigenvalue weighted by Crippen LogP contribution is -2.30. The fourth-order valence-corrected chi connectivity index (χ4v) is 2.35. The van der Waals surface area contributed by atoms with Gasteiger partial charge in [0.1, 0.15) is 5.75 Å². The number of hydrogen-bond donors (Lipinski definition) is 0. The van der Waals surface area contributed by atoms with E-state index >= 15 is 0 Å². The summed E-state index contributed by atoms with van der Waals surface area (Å²) >= 11 is 0. The van der Waals surface area contributed by atoms with Gasteiger partial charge in [-0.2, -0.15) is 0 Å². The van der Waals surface area contributed by atoms with Crippen LogP contribution in [0.4, 0.5) is 0 Å². The molecule has 0 N–H and O–H groups in total. The molecule has 18 heavy (non-hydrogen) atoms. The van der Waals surface area contributed by atoms with Gasteiger partial charge in [0.05, 0.1) is 6.61 Å². The minimum atomic E-state index is 0.845. The summed E-state index contributed by atoms with van der Waals surface area (Å²) in [7, 11) is 0. The highest BCUT2D eigenvalue weighted by Gasteiger charge is 2.08. The van der Waals surface area contributed by atoms with Crippen LogP contribution in [0.5, 0.6) is 5.75 Å². The van der Waals surface area contributed by atoms with Gasteiger partial charge in [0.25, 0.3) is 0 Å². The zero-order chi connectivity index (χ0) is 12.5. The van der Waals surface area contributed by atoms with E-state index in [0.29, 0.717) is 0 Å². The van der Waals surface area contributed by atoms with E-state index in [9.17, 15) is 0 Å². The molecule has 0 saturated carbocycles. The zero-order valence-electron chi connectivity index (χ0n) is 11.2. The first-order valence-electron chi connectivity index (χ1n) is 7.17. The highest BCUT2D eigenvalue weighted by Crippen LogP contribution is 2.11. The third-order valence-corrected chi connectivity index (χ3v) is 3.43. The van der Waals surface area contributed by atoms with Crippen LogP contribution in [0.2, 0.25) is 0 Å². The van der Waals surface area contributed by atoms with Crippen molar-refractivity contribution in [2.24, 2.45) is 0 Å². The first-order chi connectivity index (χ1) is 8.95. The highest BCUT2D eigenvalue weighted by molar-refractivity contribution is 5.20. The monoisotopic (exact) mass is 246 g/mol. The van der Waals surface area contributed by atoms with E-state index in [1.807, 2.05) is 30.3 Å². The summed E-state index contributed by atoms with van der Waals surface area (Å²) in [6.07, 6.45) is 8.69. The molecule has 2 nitrogen and oxygen atoms in total. The van der Waals surface area contributed by atoms with Crippen molar-refractivity contribution in [1.29, 1.82) is 0 Å². The Bertz CT molecular complexity index is 306. The molecule has 1 aromatic rings. The van der Waals surface area contributed by atoms with Crippen LogP contribution >= 0.6 is 0 Å². The molecule has 1 aliphatic rings. The molecule has 0 amide bonds.